The molecule has 238 valence electrons. The van der Waals surface area contributed by atoms with Crippen molar-refractivity contribution in [3.8, 4) is 22.8 Å². The zero-order chi connectivity index (χ0) is 32.1. The van der Waals surface area contributed by atoms with Gasteiger partial charge in [0.05, 0.1) is 16.5 Å². The number of nitrogens with one attached hydrogen (secondary N) is 1. The lowest BCUT2D eigenvalue weighted by molar-refractivity contribution is -0.153. The van der Waals surface area contributed by atoms with Crippen LogP contribution in [0.4, 0.5) is 10.6 Å². The van der Waals surface area contributed by atoms with Crippen molar-refractivity contribution in [1.29, 1.82) is 0 Å². The minimum absolute atomic E-state index is 0.162. The number of hydrogen-bond acceptors (Lipinski definition) is 11. The summed E-state index contributed by atoms with van der Waals surface area (Å²) in [5.41, 5.74) is 8.78. The van der Waals surface area contributed by atoms with Gasteiger partial charge in [0.25, 0.3) is 0 Å². The van der Waals surface area contributed by atoms with Gasteiger partial charge in [-0.25, -0.2) is 29.4 Å². The molecule has 4 aromatic heterocycles. The number of urea groups is 1. The Labute approximate surface area is 261 Å². The third kappa shape index (κ3) is 6.31. The molecule has 1 saturated carbocycles. The van der Waals surface area contributed by atoms with Gasteiger partial charge in [-0.1, -0.05) is 5.16 Å². The Morgan fingerprint density at radius 1 is 0.978 bits per heavy atom. The molecular weight excluding hydrogens is 576 g/mol. The maximum atomic E-state index is 12.6. The van der Waals surface area contributed by atoms with E-state index in [0.717, 1.165) is 37.0 Å². The molecule has 14 nitrogen and oxygen atoms in total. The van der Waals surface area contributed by atoms with Crippen LogP contribution in [0.5, 0.6) is 0 Å². The summed E-state index contributed by atoms with van der Waals surface area (Å²) < 4.78 is 13.0. The van der Waals surface area contributed by atoms with Crippen molar-refractivity contribution in [2.75, 3.05) is 25.4 Å². The first-order chi connectivity index (χ1) is 21.3. The minimum atomic E-state index is -0.598. The fraction of sp³-hybridized carbons (Fsp3) is 0.548. The second-order valence-electron chi connectivity index (χ2n) is 13.8. The summed E-state index contributed by atoms with van der Waals surface area (Å²) in [4.78, 5) is 44.6. The standard InChI is InChI=1S/C31H40N10O4/c1-30(2,3)41-28-22(26(32)36-16-37-28)23(38-41)24-21(25(45-39-24)18-7-8-18)27-33-13-19(14-34-27)17-9-11-40(12-10-17)29(43)35-15-20(42)44-31(4,5)6/h13-14,16-18H,7-12,15H2,1-6H3,(H,35,43)(H2,32,36,37). The quantitative estimate of drug-likeness (QED) is 0.293. The molecule has 1 aliphatic carbocycles. The molecule has 4 aromatic rings. The summed E-state index contributed by atoms with van der Waals surface area (Å²) in [5, 5.41) is 12.7. The molecule has 14 heteroatoms. The average molecular weight is 617 g/mol. The fourth-order valence-electron chi connectivity index (χ4n) is 5.64. The van der Waals surface area contributed by atoms with Crippen LogP contribution in [-0.4, -0.2) is 77.0 Å². The zero-order valence-electron chi connectivity index (χ0n) is 26.6. The van der Waals surface area contributed by atoms with E-state index in [1.807, 2.05) is 37.8 Å². The van der Waals surface area contributed by atoms with E-state index in [0.29, 0.717) is 52.7 Å². The lowest BCUT2D eigenvalue weighted by atomic mass is 9.91. The largest absolute Gasteiger partial charge is 0.459 e. The number of hydrogen-bond donors (Lipinski definition) is 2. The van der Waals surface area contributed by atoms with Gasteiger partial charge in [0.15, 0.2) is 17.2 Å². The van der Waals surface area contributed by atoms with Crippen molar-refractivity contribution in [1.82, 2.24) is 45.1 Å². The van der Waals surface area contributed by atoms with Crippen LogP contribution in [0, 0.1) is 0 Å². The minimum Gasteiger partial charge on any atom is -0.459 e. The predicted molar refractivity (Wildman–Crippen MR) is 166 cm³/mol. The molecule has 2 fully saturated rings. The number of anilines is 1. The van der Waals surface area contributed by atoms with Gasteiger partial charge in [-0.05, 0) is 78.7 Å². The molecule has 5 heterocycles. The van der Waals surface area contributed by atoms with Crippen molar-refractivity contribution < 1.29 is 18.8 Å². The monoisotopic (exact) mass is 616 g/mol. The molecule has 6 rings (SSSR count). The number of carbonyl (C=O) groups is 2. The van der Waals surface area contributed by atoms with Crippen LogP contribution in [0.2, 0.25) is 0 Å². The number of piperidine rings is 1. The number of likely N-dealkylation sites (tertiary alicyclic amines) is 1. The Balaban J connectivity index is 1.21. The Kier molecular flexibility index (Phi) is 7.69. The molecule has 45 heavy (non-hydrogen) atoms. The van der Waals surface area contributed by atoms with E-state index in [9.17, 15) is 9.59 Å². The average Bonchev–Trinajstić information content (AvgIpc) is 3.60. The van der Waals surface area contributed by atoms with Gasteiger partial charge in [-0.3, -0.25) is 4.79 Å². The first-order valence-corrected chi connectivity index (χ1v) is 15.4. The molecule has 1 saturated heterocycles. The Hall–Kier alpha value is -4.62. The predicted octanol–water partition coefficient (Wildman–Crippen LogP) is 4.38. The number of nitrogens with zero attached hydrogens (tertiary/aromatic N) is 8. The highest BCUT2D eigenvalue weighted by Crippen LogP contribution is 2.48. The second-order valence-corrected chi connectivity index (χ2v) is 13.8. The molecule has 0 bridgehead atoms. The zero-order valence-corrected chi connectivity index (χ0v) is 26.6. The number of amides is 2. The first kappa shape index (κ1) is 30.4. The van der Waals surface area contributed by atoms with Crippen molar-refractivity contribution in [3.63, 3.8) is 0 Å². The topological polar surface area (TPSA) is 180 Å². The first-order valence-electron chi connectivity index (χ1n) is 15.4. The van der Waals surface area contributed by atoms with E-state index in [2.05, 4.69) is 20.4 Å². The maximum absolute atomic E-state index is 12.6. The maximum Gasteiger partial charge on any atom is 0.325 e. The highest BCUT2D eigenvalue weighted by molar-refractivity contribution is 6.00. The van der Waals surface area contributed by atoms with Gasteiger partial charge in [0.2, 0.25) is 0 Å². The third-order valence-corrected chi connectivity index (χ3v) is 7.97. The molecule has 0 unspecified atom stereocenters. The van der Waals surface area contributed by atoms with Crippen LogP contribution in [0.15, 0.2) is 23.2 Å². The summed E-state index contributed by atoms with van der Waals surface area (Å²) in [6, 6.07) is -0.272. The number of ether oxygens (including phenoxy) is 1. The Morgan fingerprint density at radius 3 is 2.29 bits per heavy atom. The van der Waals surface area contributed by atoms with Gasteiger partial charge in [-0.15, -0.1) is 0 Å². The number of nitrogens with two attached hydrogens (primary N) is 1. The Bertz CT molecular complexity index is 1720. The summed E-state index contributed by atoms with van der Waals surface area (Å²) in [6.45, 7) is 12.5. The van der Waals surface area contributed by atoms with Crippen LogP contribution in [0.1, 0.15) is 90.4 Å². The lowest BCUT2D eigenvalue weighted by Crippen LogP contribution is -2.46. The van der Waals surface area contributed by atoms with Crippen molar-refractivity contribution in [3.05, 3.63) is 30.0 Å². The van der Waals surface area contributed by atoms with Gasteiger partial charge >= 0.3 is 12.0 Å². The van der Waals surface area contributed by atoms with Crippen LogP contribution >= 0.6 is 0 Å². The summed E-state index contributed by atoms with van der Waals surface area (Å²) in [7, 11) is 0. The number of esters is 1. The number of carbonyl (C=O) groups excluding carboxylic acids is 2. The Morgan fingerprint density at radius 2 is 1.67 bits per heavy atom. The molecule has 0 radical (unpaired) electrons. The highest BCUT2D eigenvalue weighted by Gasteiger charge is 2.37. The van der Waals surface area contributed by atoms with Crippen molar-refractivity contribution >= 4 is 28.9 Å². The van der Waals surface area contributed by atoms with Crippen molar-refractivity contribution in [2.45, 2.75) is 90.2 Å². The molecule has 0 spiro atoms. The van der Waals surface area contributed by atoms with E-state index in [1.54, 1.807) is 25.7 Å². The molecule has 3 N–H and O–H groups in total. The molecule has 2 aliphatic rings. The lowest BCUT2D eigenvalue weighted by Gasteiger charge is -2.32. The number of rotatable bonds is 6. The SMILES string of the molecule is CC(C)(C)OC(=O)CNC(=O)N1CCC(c2cnc(-c3c(-c4nn(C(C)(C)C)c5ncnc(N)c45)noc3C3CC3)nc2)CC1. The second kappa shape index (κ2) is 11.4. The van der Waals surface area contributed by atoms with Gasteiger partial charge < -0.3 is 25.2 Å². The highest BCUT2D eigenvalue weighted by atomic mass is 16.6. The summed E-state index contributed by atoms with van der Waals surface area (Å²) >= 11 is 0. The fourth-order valence-corrected chi connectivity index (χ4v) is 5.64. The molecule has 1 aliphatic heterocycles. The molecule has 0 aromatic carbocycles. The number of nitrogen functional groups attached to an aromatic ring is 1. The van der Waals surface area contributed by atoms with E-state index in [4.69, 9.17) is 30.1 Å². The smallest absolute Gasteiger partial charge is 0.325 e. The summed E-state index contributed by atoms with van der Waals surface area (Å²) in [5.74, 6) is 1.55. The van der Waals surface area contributed by atoms with Gasteiger partial charge in [0.1, 0.15) is 35.7 Å². The molecule has 2 amide bonds. The van der Waals surface area contributed by atoms with Gasteiger partial charge in [0, 0.05) is 31.4 Å². The number of fused-ring (bicyclic) bond motifs is 1. The summed E-state index contributed by atoms with van der Waals surface area (Å²) in [6.07, 6.45) is 8.66. The van der Waals surface area contributed by atoms with Crippen LogP contribution in [-0.2, 0) is 15.1 Å². The van der Waals surface area contributed by atoms with E-state index in [-0.39, 0.29) is 30.0 Å². The molecular formula is C31H40N10O4. The molecule has 0 atom stereocenters. The normalized spacial score (nSPS) is 16.3. The van der Waals surface area contributed by atoms with Crippen LogP contribution in [0.25, 0.3) is 33.8 Å². The van der Waals surface area contributed by atoms with Gasteiger partial charge in [-0.2, -0.15) is 5.10 Å². The van der Waals surface area contributed by atoms with Crippen LogP contribution in [0.3, 0.4) is 0 Å². The third-order valence-electron chi connectivity index (χ3n) is 7.97. The van der Waals surface area contributed by atoms with E-state index >= 15 is 0 Å². The van der Waals surface area contributed by atoms with Crippen molar-refractivity contribution in [2.24, 2.45) is 0 Å². The van der Waals surface area contributed by atoms with E-state index in [1.165, 1.54) is 6.33 Å². The number of aromatic nitrogens is 7. The van der Waals surface area contributed by atoms with Crippen LogP contribution < -0.4 is 11.1 Å². The van der Waals surface area contributed by atoms with E-state index < -0.39 is 11.6 Å².